The van der Waals surface area contributed by atoms with Crippen LogP contribution in [0, 0.1) is 11.8 Å². The highest BCUT2D eigenvalue weighted by Crippen LogP contribution is 2.39. The van der Waals surface area contributed by atoms with Crippen molar-refractivity contribution in [2.45, 2.75) is 97.8 Å². The third-order valence-electron chi connectivity index (χ3n) is 6.42. The minimum absolute atomic E-state index is 0.0102. The molecule has 38 heavy (non-hydrogen) atoms. The minimum Gasteiger partial charge on any atom is -0.456 e. The molecule has 0 radical (unpaired) electrons. The zero-order chi connectivity index (χ0) is 29.5. The van der Waals surface area contributed by atoms with Gasteiger partial charge in [-0.15, -0.1) is 0 Å². The Balaban J connectivity index is 3.22. The van der Waals surface area contributed by atoms with Crippen molar-refractivity contribution in [1.82, 2.24) is 10.6 Å². The minimum atomic E-state index is -2.11. The molecule has 0 heterocycles. The molecule has 1 aliphatic rings. The first-order chi connectivity index (χ1) is 17.1. The Labute approximate surface area is 229 Å². The topological polar surface area (TPSA) is 121 Å². The molecule has 1 rings (SSSR count). The summed E-state index contributed by atoms with van der Waals surface area (Å²) in [5.74, 6) is -1.18. The van der Waals surface area contributed by atoms with Gasteiger partial charge in [-0.25, -0.2) is 14.4 Å². The summed E-state index contributed by atoms with van der Waals surface area (Å²) in [5.41, 5.74) is -0.526. The molecule has 3 atom stereocenters. The summed E-state index contributed by atoms with van der Waals surface area (Å²) in [5, 5.41) is 5.59. The van der Waals surface area contributed by atoms with Gasteiger partial charge in [0.15, 0.2) is 8.32 Å². The van der Waals surface area contributed by atoms with Crippen LogP contribution in [0.3, 0.4) is 0 Å². The number of carbonyl (C=O) groups is 3. The number of alkyl carbamates (subject to hydrolysis) is 2. The van der Waals surface area contributed by atoms with Crippen LogP contribution in [-0.4, -0.2) is 77.2 Å². The molecule has 0 fully saturated rings. The molecular formula is C27H50N2O8Si. The van der Waals surface area contributed by atoms with Crippen LogP contribution < -0.4 is 10.6 Å². The summed E-state index contributed by atoms with van der Waals surface area (Å²) < 4.78 is 28.0. The Kier molecular flexibility index (Phi) is 11.9. The number of hydrogen-bond acceptors (Lipinski definition) is 8. The number of methoxy groups -OCH3 is 1. The standard InChI is InChI=1S/C27H50N2O8Si/c1-25(2,3)36-23(31)28-14-18-13-19(16-34-38(11,12)27(7,8)9)22(35-21(30)17-33-10)20(18)15-29-24(32)37-26(4,5)6/h13,18,20,22H,14-17H2,1-12H3,(H,28,31)(H,29,32)/t18-,20-,22?/m0/s1. The molecule has 0 saturated carbocycles. The molecule has 1 unspecified atom stereocenters. The highest BCUT2D eigenvalue weighted by atomic mass is 28.4. The Morgan fingerprint density at radius 2 is 1.37 bits per heavy atom. The van der Waals surface area contributed by atoms with E-state index in [9.17, 15) is 14.4 Å². The van der Waals surface area contributed by atoms with Crippen molar-refractivity contribution < 1.29 is 37.8 Å². The van der Waals surface area contributed by atoms with Crippen LogP contribution in [0.25, 0.3) is 0 Å². The molecule has 0 spiro atoms. The number of esters is 1. The quantitative estimate of drug-likeness (QED) is 0.170. The zero-order valence-electron chi connectivity index (χ0n) is 25.4. The molecule has 0 aromatic heterocycles. The van der Waals surface area contributed by atoms with Crippen LogP contribution in [0.2, 0.25) is 18.1 Å². The summed E-state index contributed by atoms with van der Waals surface area (Å²) in [6.45, 7) is 21.9. The monoisotopic (exact) mass is 558 g/mol. The van der Waals surface area contributed by atoms with Crippen LogP contribution in [0.15, 0.2) is 11.6 Å². The summed E-state index contributed by atoms with van der Waals surface area (Å²) in [4.78, 5) is 37.3. The van der Waals surface area contributed by atoms with E-state index in [4.69, 9.17) is 23.4 Å². The lowest BCUT2D eigenvalue weighted by molar-refractivity contribution is -0.154. The van der Waals surface area contributed by atoms with Crippen molar-refractivity contribution in [3.63, 3.8) is 0 Å². The van der Waals surface area contributed by atoms with Gasteiger partial charge >= 0.3 is 18.2 Å². The van der Waals surface area contributed by atoms with Crippen LogP contribution in [0.1, 0.15) is 62.3 Å². The van der Waals surface area contributed by atoms with Crippen molar-refractivity contribution in [2.75, 3.05) is 33.4 Å². The van der Waals surface area contributed by atoms with Crippen LogP contribution in [0.5, 0.6) is 0 Å². The van der Waals surface area contributed by atoms with Gasteiger partial charge < -0.3 is 34.0 Å². The van der Waals surface area contributed by atoms with Gasteiger partial charge in [0.2, 0.25) is 0 Å². The number of nitrogens with one attached hydrogen (secondary N) is 2. The van der Waals surface area contributed by atoms with Gasteiger partial charge in [0, 0.05) is 32.0 Å². The molecule has 0 aromatic carbocycles. The molecule has 0 aliphatic heterocycles. The molecule has 0 saturated heterocycles. The van der Waals surface area contributed by atoms with E-state index in [-0.39, 0.29) is 43.2 Å². The highest BCUT2D eigenvalue weighted by Gasteiger charge is 2.43. The first kappa shape index (κ1) is 33.9. The van der Waals surface area contributed by atoms with E-state index in [0.29, 0.717) is 0 Å². The van der Waals surface area contributed by atoms with E-state index in [0.717, 1.165) is 5.57 Å². The Morgan fingerprint density at radius 1 is 0.868 bits per heavy atom. The predicted molar refractivity (Wildman–Crippen MR) is 148 cm³/mol. The summed E-state index contributed by atoms with van der Waals surface area (Å²) >= 11 is 0. The largest absolute Gasteiger partial charge is 0.456 e. The number of rotatable bonds is 10. The Hall–Kier alpha value is -2.11. The highest BCUT2D eigenvalue weighted by molar-refractivity contribution is 6.74. The normalized spacial score (nSPS) is 20.4. The average Bonchev–Trinajstić information content (AvgIpc) is 3.02. The molecule has 1 aliphatic carbocycles. The Bertz CT molecular complexity index is 853. The molecule has 11 heteroatoms. The van der Waals surface area contributed by atoms with E-state index in [2.05, 4.69) is 44.5 Å². The molecule has 2 amide bonds. The maximum atomic E-state index is 12.5. The molecular weight excluding hydrogens is 508 g/mol. The summed E-state index contributed by atoms with van der Waals surface area (Å²) in [6, 6.07) is 0. The van der Waals surface area contributed by atoms with Gasteiger partial charge in [-0.1, -0.05) is 26.8 Å². The number of carbonyl (C=O) groups excluding carboxylic acids is 3. The second-order valence-electron chi connectivity index (χ2n) is 13.2. The van der Waals surface area contributed by atoms with E-state index >= 15 is 0 Å². The second kappa shape index (κ2) is 13.3. The van der Waals surface area contributed by atoms with Crippen molar-refractivity contribution in [3.8, 4) is 0 Å². The number of amides is 2. The predicted octanol–water partition coefficient (Wildman–Crippen LogP) is 4.79. The van der Waals surface area contributed by atoms with E-state index < -0.39 is 43.8 Å². The number of hydrogen-bond donors (Lipinski definition) is 2. The first-order valence-corrected chi connectivity index (χ1v) is 16.0. The number of ether oxygens (including phenoxy) is 4. The first-order valence-electron chi connectivity index (χ1n) is 13.1. The van der Waals surface area contributed by atoms with Crippen molar-refractivity contribution >= 4 is 26.5 Å². The SMILES string of the molecule is COCC(=O)OC1C(CO[Si](C)(C)C(C)(C)C)=C[C@@H](CNC(=O)OC(C)(C)C)[C@@H]1CNC(=O)OC(C)(C)C. The smallest absolute Gasteiger partial charge is 0.407 e. The van der Waals surface area contributed by atoms with Crippen LogP contribution >= 0.6 is 0 Å². The van der Waals surface area contributed by atoms with Gasteiger partial charge in [-0.3, -0.25) is 0 Å². The van der Waals surface area contributed by atoms with Crippen LogP contribution in [0.4, 0.5) is 9.59 Å². The molecule has 10 nitrogen and oxygen atoms in total. The summed E-state index contributed by atoms with van der Waals surface area (Å²) in [7, 11) is -0.694. The van der Waals surface area contributed by atoms with E-state index in [1.165, 1.54) is 7.11 Å². The van der Waals surface area contributed by atoms with E-state index in [1.54, 1.807) is 41.5 Å². The van der Waals surface area contributed by atoms with Gasteiger partial charge in [0.25, 0.3) is 0 Å². The van der Waals surface area contributed by atoms with Gasteiger partial charge in [0.1, 0.15) is 23.9 Å². The lowest BCUT2D eigenvalue weighted by atomic mass is 9.92. The van der Waals surface area contributed by atoms with E-state index in [1.807, 2.05) is 6.08 Å². The fraction of sp³-hybridized carbons (Fsp3) is 0.815. The van der Waals surface area contributed by atoms with Gasteiger partial charge in [0.05, 0.1) is 6.61 Å². The second-order valence-corrected chi connectivity index (χ2v) is 18.0. The molecule has 2 N–H and O–H groups in total. The van der Waals surface area contributed by atoms with Crippen molar-refractivity contribution in [2.24, 2.45) is 11.8 Å². The fourth-order valence-corrected chi connectivity index (χ4v) is 4.52. The third-order valence-corrected chi connectivity index (χ3v) is 10.9. The van der Waals surface area contributed by atoms with Gasteiger partial charge in [-0.2, -0.15) is 0 Å². The third kappa shape index (κ3) is 11.7. The molecule has 0 aromatic rings. The lowest BCUT2D eigenvalue weighted by Crippen LogP contribution is -2.44. The zero-order valence-corrected chi connectivity index (χ0v) is 26.4. The maximum absolute atomic E-state index is 12.5. The van der Waals surface area contributed by atoms with Crippen molar-refractivity contribution in [3.05, 3.63) is 11.6 Å². The lowest BCUT2D eigenvalue weighted by Gasteiger charge is -2.37. The maximum Gasteiger partial charge on any atom is 0.407 e. The van der Waals surface area contributed by atoms with Gasteiger partial charge in [-0.05, 0) is 65.2 Å². The average molecular weight is 559 g/mol. The molecule has 220 valence electrons. The Morgan fingerprint density at radius 3 is 1.82 bits per heavy atom. The van der Waals surface area contributed by atoms with Crippen molar-refractivity contribution in [1.29, 1.82) is 0 Å². The summed E-state index contributed by atoms with van der Waals surface area (Å²) in [6.07, 6.45) is 0.159. The van der Waals surface area contributed by atoms with Crippen LogP contribution in [-0.2, 0) is 28.2 Å². The molecule has 0 bridgehead atoms. The fourth-order valence-electron chi connectivity index (χ4n) is 3.56.